The van der Waals surface area contributed by atoms with Crippen LogP contribution in [0.2, 0.25) is 0 Å². The van der Waals surface area contributed by atoms with Gasteiger partial charge < -0.3 is 10.5 Å². The molecular weight excluding hydrogens is 230 g/mol. The minimum Gasteiger partial charge on any atom is -0.385 e. The van der Waals surface area contributed by atoms with Crippen molar-refractivity contribution in [3.8, 4) is 0 Å². The number of hydrogen-bond donors (Lipinski definition) is 1. The van der Waals surface area contributed by atoms with Crippen LogP contribution in [-0.4, -0.2) is 33.0 Å². The molecule has 0 aromatic carbocycles. The number of nitrogens with two attached hydrogens (primary N) is 1. The number of ether oxygens (including phenoxy) is 1. The smallest absolute Gasteiger partial charge is 0.202 e. The molecule has 6 nitrogen and oxygen atoms in total. The van der Waals surface area contributed by atoms with Gasteiger partial charge in [-0.1, -0.05) is 6.92 Å². The monoisotopic (exact) mass is 251 g/mol. The zero-order chi connectivity index (χ0) is 13.3. The van der Waals surface area contributed by atoms with Crippen LogP contribution < -0.4 is 5.73 Å². The molecule has 0 spiro atoms. The number of anilines is 1. The van der Waals surface area contributed by atoms with Gasteiger partial charge in [-0.2, -0.15) is 5.10 Å². The van der Waals surface area contributed by atoms with E-state index in [1.807, 2.05) is 16.3 Å². The second-order valence-corrected chi connectivity index (χ2v) is 4.57. The van der Waals surface area contributed by atoms with Gasteiger partial charge in [0.25, 0.3) is 0 Å². The quantitative estimate of drug-likeness (QED) is 0.874. The summed E-state index contributed by atoms with van der Waals surface area (Å²) in [6, 6.07) is 0.245. The Bertz CT molecular complexity index is 542. The number of aryl methyl sites for hydroxylation is 2. The van der Waals surface area contributed by atoms with Crippen LogP contribution in [0.5, 0.6) is 0 Å². The van der Waals surface area contributed by atoms with Crippen LogP contribution >= 0.6 is 0 Å². The molecule has 100 valence electrons. The molecular formula is C12H21N5O. The van der Waals surface area contributed by atoms with Gasteiger partial charge in [0.05, 0.1) is 5.69 Å². The standard InChI is InChI=1S/C12H21N5O/c1-5-9-10-11(16(3)15-9)17(12(13)14-10)8(2)6-7-18-4/h8H,5-7H2,1-4H3,(H2,13,14). The van der Waals surface area contributed by atoms with Crippen LogP contribution in [0.25, 0.3) is 11.2 Å². The largest absolute Gasteiger partial charge is 0.385 e. The van der Waals surface area contributed by atoms with Crippen LogP contribution in [0.15, 0.2) is 0 Å². The highest BCUT2D eigenvalue weighted by molar-refractivity contribution is 5.78. The number of hydrogen-bond acceptors (Lipinski definition) is 4. The van der Waals surface area contributed by atoms with Crippen molar-refractivity contribution in [2.45, 2.75) is 32.7 Å². The maximum atomic E-state index is 6.03. The minimum atomic E-state index is 0.245. The Morgan fingerprint density at radius 2 is 2.17 bits per heavy atom. The van der Waals surface area contributed by atoms with Gasteiger partial charge in [0.15, 0.2) is 5.65 Å². The predicted octanol–water partition coefficient (Wildman–Crippen LogP) is 1.51. The molecule has 2 heterocycles. The second-order valence-electron chi connectivity index (χ2n) is 4.57. The van der Waals surface area contributed by atoms with Gasteiger partial charge in [-0.15, -0.1) is 0 Å². The Hall–Kier alpha value is -1.56. The van der Waals surface area contributed by atoms with E-state index in [-0.39, 0.29) is 6.04 Å². The molecule has 0 radical (unpaired) electrons. The molecule has 0 amide bonds. The van der Waals surface area contributed by atoms with Crippen molar-refractivity contribution in [2.24, 2.45) is 7.05 Å². The fourth-order valence-electron chi connectivity index (χ4n) is 2.31. The zero-order valence-corrected chi connectivity index (χ0v) is 11.5. The van der Waals surface area contributed by atoms with Crippen LogP contribution in [0, 0.1) is 0 Å². The first-order valence-corrected chi connectivity index (χ1v) is 6.28. The maximum Gasteiger partial charge on any atom is 0.202 e. The summed E-state index contributed by atoms with van der Waals surface area (Å²) in [5, 5.41) is 4.48. The van der Waals surface area contributed by atoms with Crippen molar-refractivity contribution in [1.82, 2.24) is 19.3 Å². The highest BCUT2D eigenvalue weighted by Gasteiger charge is 2.20. The lowest BCUT2D eigenvalue weighted by molar-refractivity contribution is 0.182. The van der Waals surface area contributed by atoms with Gasteiger partial charge in [-0.3, -0.25) is 9.25 Å². The van der Waals surface area contributed by atoms with E-state index in [1.54, 1.807) is 7.11 Å². The van der Waals surface area contributed by atoms with E-state index >= 15 is 0 Å². The van der Waals surface area contributed by atoms with E-state index < -0.39 is 0 Å². The SMILES string of the molecule is CCc1nn(C)c2c1nc(N)n2C(C)CCOC. The summed E-state index contributed by atoms with van der Waals surface area (Å²) in [5.74, 6) is 0.552. The van der Waals surface area contributed by atoms with Crippen LogP contribution in [0.3, 0.4) is 0 Å². The van der Waals surface area contributed by atoms with Gasteiger partial charge >= 0.3 is 0 Å². The Labute approximate surface area is 107 Å². The van der Waals surface area contributed by atoms with Crippen molar-refractivity contribution in [3.63, 3.8) is 0 Å². The highest BCUT2D eigenvalue weighted by Crippen LogP contribution is 2.26. The van der Waals surface area contributed by atoms with Gasteiger partial charge in [0, 0.05) is 26.8 Å². The third kappa shape index (κ3) is 1.96. The van der Waals surface area contributed by atoms with E-state index in [0.717, 1.165) is 29.7 Å². The minimum absolute atomic E-state index is 0.245. The summed E-state index contributed by atoms with van der Waals surface area (Å²) >= 11 is 0. The molecule has 18 heavy (non-hydrogen) atoms. The topological polar surface area (TPSA) is 70.9 Å². The zero-order valence-electron chi connectivity index (χ0n) is 11.5. The summed E-state index contributed by atoms with van der Waals surface area (Å²) in [5.41, 5.74) is 8.94. The third-order valence-electron chi connectivity index (χ3n) is 3.28. The van der Waals surface area contributed by atoms with Crippen molar-refractivity contribution >= 4 is 17.1 Å². The summed E-state index contributed by atoms with van der Waals surface area (Å²) in [6.07, 6.45) is 1.76. The summed E-state index contributed by atoms with van der Waals surface area (Å²) in [7, 11) is 3.64. The number of rotatable bonds is 5. The average Bonchev–Trinajstić information content (AvgIpc) is 2.83. The fraction of sp³-hybridized carbons (Fsp3) is 0.667. The van der Waals surface area contributed by atoms with Crippen LogP contribution in [0.1, 0.15) is 32.0 Å². The first-order valence-electron chi connectivity index (χ1n) is 6.28. The van der Waals surface area contributed by atoms with Crippen molar-refractivity contribution in [2.75, 3.05) is 19.5 Å². The Balaban J connectivity index is 2.49. The molecule has 2 aromatic heterocycles. The lowest BCUT2D eigenvalue weighted by Crippen LogP contribution is -2.13. The molecule has 0 aliphatic heterocycles. The van der Waals surface area contributed by atoms with E-state index in [1.165, 1.54) is 0 Å². The molecule has 0 saturated carbocycles. The Kier molecular flexibility index (Phi) is 3.56. The maximum absolute atomic E-state index is 6.03. The Morgan fingerprint density at radius 3 is 2.78 bits per heavy atom. The van der Waals surface area contributed by atoms with E-state index in [2.05, 4.69) is 23.9 Å². The summed E-state index contributed by atoms with van der Waals surface area (Å²) in [4.78, 5) is 4.45. The lowest BCUT2D eigenvalue weighted by atomic mass is 10.2. The first kappa shape index (κ1) is 12.9. The van der Waals surface area contributed by atoms with Gasteiger partial charge in [0.1, 0.15) is 5.52 Å². The molecule has 2 aromatic rings. The van der Waals surface area contributed by atoms with Gasteiger partial charge in [0.2, 0.25) is 5.95 Å². The number of methoxy groups -OCH3 is 1. The van der Waals surface area contributed by atoms with Gasteiger partial charge in [-0.05, 0) is 19.8 Å². The normalized spacial score (nSPS) is 13.3. The molecule has 2 N–H and O–H groups in total. The lowest BCUT2D eigenvalue weighted by Gasteiger charge is -2.15. The summed E-state index contributed by atoms with van der Waals surface area (Å²) in [6.45, 7) is 4.90. The number of aromatic nitrogens is 4. The van der Waals surface area contributed by atoms with Crippen molar-refractivity contribution < 1.29 is 4.74 Å². The predicted molar refractivity (Wildman–Crippen MR) is 71.5 cm³/mol. The molecule has 0 saturated heterocycles. The molecule has 1 atom stereocenters. The van der Waals surface area contributed by atoms with Crippen LogP contribution in [0.4, 0.5) is 5.95 Å². The third-order valence-corrected chi connectivity index (χ3v) is 3.28. The number of nitrogens with zero attached hydrogens (tertiary/aromatic N) is 4. The average molecular weight is 251 g/mol. The van der Waals surface area contributed by atoms with E-state index in [9.17, 15) is 0 Å². The summed E-state index contributed by atoms with van der Waals surface area (Å²) < 4.78 is 9.03. The molecule has 2 rings (SSSR count). The van der Waals surface area contributed by atoms with Crippen LogP contribution in [-0.2, 0) is 18.2 Å². The first-order chi connectivity index (χ1) is 8.60. The van der Waals surface area contributed by atoms with Crippen molar-refractivity contribution in [1.29, 1.82) is 0 Å². The van der Waals surface area contributed by atoms with Gasteiger partial charge in [-0.25, -0.2) is 4.98 Å². The second kappa shape index (κ2) is 4.97. The van der Waals surface area contributed by atoms with Crippen molar-refractivity contribution in [3.05, 3.63) is 5.69 Å². The fourth-order valence-corrected chi connectivity index (χ4v) is 2.31. The molecule has 0 aliphatic rings. The number of nitrogen functional groups attached to an aromatic ring is 1. The number of fused-ring (bicyclic) bond motifs is 1. The molecule has 0 bridgehead atoms. The molecule has 6 heteroatoms. The number of imidazole rings is 1. The molecule has 1 unspecified atom stereocenters. The molecule has 0 fully saturated rings. The Morgan fingerprint density at radius 1 is 1.44 bits per heavy atom. The van der Waals surface area contributed by atoms with E-state index in [0.29, 0.717) is 12.6 Å². The van der Waals surface area contributed by atoms with E-state index in [4.69, 9.17) is 10.5 Å². The highest BCUT2D eigenvalue weighted by atomic mass is 16.5. The molecule has 0 aliphatic carbocycles.